The van der Waals surface area contributed by atoms with Crippen molar-refractivity contribution < 1.29 is 22.3 Å². The second-order valence-electron chi connectivity index (χ2n) is 8.32. The molecule has 0 N–H and O–H groups in total. The van der Waals surface area contributed by atoms with Crippen LogP contribution in [0.4, 0.5) is 4.39 Å². The van der Waals surface area contributed by atoms with Gasteiger partial charge in [-0.3, -0.25) is 4.79 Å². The molecule has 2 aromatic rings. The minimum atomic E-state index is -3.68. The molecule has 172 valence electrons. The van der Waals surface area contributed by atoms with Gasteiger partial charge >= 0.3 is 0 Å². The largest absolute Gasteiger partial charge is 0.494 e. The Labute approximate surface area is 189 Å². The van der Waals surface area contributed by atoms with Gasteiger partial charge in [-0.05, 0) is 74.6 Å². The Morgan fingerprint density at radius 2 is 1.66 bits per heavy atom. The number of carbonyl (C=O) groups is 1. The van der Waals surface area contributed by atoms with Crippen molar-refractivity contribution >= 4 is 15.9 Å². The maximum Gasteiger partial charge on any atom is 0.243 e. The lowest BCUT2D eigenvalue weighted by Crippen LogP contribution is -2.44. The number of piperidine rings is 1. The third-order valence-corrected chi connectivity index (χ3v) is 8.28. The molecule has 4 rings (SSSR count). The number of sulfonamides is 1. The summed E-state index contributed by atoms with van der Waals surface area (Å²) < 4.78 is 45.8. The minimum absolute atomic E-state index is 0.0548. The lowest BCUT2D eigenvalue weighted by atomic mass is 9.95. The van der Waals surface area contributed by atoms with Crippen LogP contribution in [0, 0.1) is 11.7 Å². The zero-order chi connectivity index (χ0) is 22.7. The number of nitrogens with zero attached hydrogens (tertiary/aromatic N) is 2. The van der Waals surface area contributed by atoms with Gasteiger partial charge in [0.2, 0.25) is 15.9 Å². The van der Waals surface area contributed by atoms with Crippen LogP contribution in [-0.4, -0.2) is 49.8 Å². The maximum absolute atomic E-state index is 13.3. The van der Waals surface area contributed by atoms with E-state index in [-0.39, 0.29) is 35.9 Å². The lowest BCUT2D eigenvalue weighted by Gasteiger charge is -2.34. The van der Waals surface area contributed by atoms with Crippen molar-refractivity contribution in [1.82, 2.24) is 9.21 Å². The van der Waals surface area contributed by atoms with Crippen LogP contribution < -0.4 is 4.74 Å². The highest BCUT2D eigenvalue weighted by molar-refractivity contribution is 7.89. The van der Waals surface area contributed by atoms with E-state index < -0.39 is 15.8 Å². The molecule has 2 heterocycles. The van der Waals surface area contributed by atoms with Crippen LogP contribution in [0.1, 0.15) is 44.2 Å². The Kier molecular flexibility index (Phi) is 6.81. The van der Waals surface area contributed by atoms with E-state index in [0.29, 0.717) is 19.4 Å². The number of amides is 1. The molecule has 0 bridgehead atoms. The van der Waals surface area contributed by atoms with E-state index in [0.717, 1.165) is 42.8 Å². The first-order valence-electron chi connectivity index (χ1n) is 11.2. The summed E-state index contributed by atoms with van der Waals surface area (Å²) >= 11 is 0. The Hall–Kier alpha value is -2.45. The van der Waals surface area contributed by atoms with Gasteiger partial charge in [0.15, 0.2) is 0 Å². The third kappa shape index (κ3) is 4.66. The number of hydrogen-bond acceptors (Lipinski definition) is 4. The summed E-state index contributed by atoms with van der Waals surface area (Å²) in [5.74, 6) is 0.279. The molecule has 2 aromatic carbocycles. The fraction of sp³-hybridized carbons (Fsp3) is 0.458. The predicted molar refractivity (Wildman–Crippen MR) is 119 cm³/mol. The van der Waals surface area contributed by atoms with Crippen LogP contribution in [0.15, 0.2) is 53.4 Å². The van der Waals surface area contributed by atoms with Gasteiger partial charge in [-0.15, -0.1) is 0 Å². The van der Waals surface area contributed by atoms with E-state index in [9.17, 15) is 17.6 Å². The number of likely N-dealkylation sites (tertiary alicyclic amines) is 1. The molecule has 0 spiro atoms. The van der Waals surface area contributed by atoms with Crippen LogP contribution in [0.5, 0.6) is 5.75 Å². The highest BCUT2D eigenvalue weighted by atomic mass is 32.2. The number of rotatable bonds is 6. The Morgan fingerprint density at radius 3 is 2.28 bits per heavy atom. The Bertz CT molecular complexity index is 1030. The van der Waals surface area contributed by atoms with Gasteiger partial charge in [-0.1, -0.05) is 12.1 Å². The number of halogens is 1. The van der Waals surface area contributed by atoms with E-state index in [1.807, 2.05) is 36.1 Å². The minimum Gasteiger partial charge on any atom is -0.494 e. The van der Waals surface area contributed by atoms with Gasteiger partial charge in [-0.2, -0.15) is 4.31 Å². The van der Waals surface area contributed by atoms with Gasteiger partial charge < -0.3 is 9.64 Å². The molecular formula is C24H29FN2O4S. The molecule has 0 aromatic heterocycles. The first-order valence-corrected chi connectivity index (χ1v) is 12.6. The van der Waals surface area contributed by atoms with Gasteiger partial charge in [0.1, 0.15) is 11.6 Å². The quantitative estimate of drug-likeness (QED) is 0.654. The topological polar surface area (TPSA) is 66.9 Å². The molecule has 0 aliphatic carbocycles. The Morgan fingerprint density at radius 1 is 1.00 bits per heavy atom. The van der Waals surface area contributed by atoms with E-state index in [4.69, 9.17) is 4.74 Å². The monoisotopic (exact) mass is 460 g/mol. The summed E-state index contributed by atoms with van der Waals surface area (Å²) in [5, 5.41) is 0. The molecule has 2 aliphatic heterocycles. The molecule has 2 saturated heterocycles. The molecular weight excluding hydrogens is 431 g/mol. The number of hydrogen-bond donors (Lipinski definition) is 0. The molecule has 1 unspecified atom stereocenters. The number of carbonyl (C=O) groups excluding carboxylic acids is 1. The molecule has 2 aliphatic rings. The highest BCUT2D eigenvalue weighted by Crippen LogP contribution is 2.35. The first kappa shape index (κ1) is 22.7. The SMILES string of the molecule is CCOc1ccc(C2CCCN2C(=O)C2CCN(S(=O)(=O)c3ccc(F)cc3)CC2)cc1. The van der Waals surface area contributed by atoms with Crippen molar-refractivity contribution in [3.05, 3.63) is 59.9 Å². The standard InChI is InChI=1S/C24H29FN2O4S/c1-2-31-21-9-5-18(6-10-21)23-4-3-15-27(23)24(28)19-13-16-26(17-14-19)32(29,30)22-11-7-20(25)8-12-22/h5-12,19,23H,2-4,13-17H2,1H3. The zero-order valence-corrected chi connectivity index (χ0v) is 19.1. The van der Waals surface area contributed by atoms with Crippen LogP contribution in [0.2, 0.25) is 0 Å². The molecule has 0 saturated carbocycles. The van der Waals surface area contributed by atoms with E-state index in [1.54, 1.807) is 0 Å². The maximum atomic E-state index is 13.3. The second-order valence-corrected chi connectivity index (χ2v) is 10.3. The van der Waals surface area contributed by atoms with Crippen molar-refractivity contribution in [2.45, 2.75) is 43.5 Å². The van der Waals surface area contributed by atoms with Crippen molar-refractivity contribution in [1.29, 1.82) is 0 Å². The zero-order valence-electron chi connectivity index (χ0n) is 18.2. The van der Waals surface area contributed by atoms with Crippen molar-refractivity contribution in [3.8, 4) is 5.75 Å². The summed E-state index contributed by atoms with van der Waals surface area (Å²) in [6.07, 6.45) is 2.87. The van der Waals surface area contributed by atoms with Crippen LogP contribution >= 0.6 is 0 Å². The van der Waals surface area contributed by atoms with Crippen molar-refractivity contribution in [3.63, 3.8) is 0 Å². The van der Waals surface area contributed by atoms with Crippen LogP contribution in [-0.2, 0) is 14.8 Å². The first-order chi connectivity index (χ1) is 15.4. The molecule has 6 nitrogen and oxygen atoms in total. The van der Waals surface area contributed by atoms with Gasteiger partial charge in [0.05, 0.1) is 17.5 Å². The normalized spacial score (nSPS) is 20.4. The fourth-order valence-corrected chi connectivity index (χ4v) is 6.13. The second kappa shape index (κ2) is 9.58. The third-order valence-electron chi connectivity index (χ3n) is 6.37. The van der Waals surface area contributed by atoms with Gasteiger partial charge in [-0.25, -0.2) is 12.8 Å². The van der Waals surface area contributed by atoms with Crippen molar-refractivity contribution in [2.24, 2.45) is 5.92 Å². The van der Waals surface area contributed by atoms with Gasteiger partial charge in [0, 0.05) is 25.6 Å². The predicted octanol–water partition coefficient (Wildman–Crippen LogP) is 3.99. The van der Waals surface area contributed by atoms with E-state index in [2.05, 4.69) is 0 Å². The summed E-state index contributed by atoms with van der Waals surface area (Å²) in [7, 11) is -3.68. The highest BCUT2D eigenvalue weighted by Gasteiger charge is 2.37. The summed E-state index contributed by atoms with van der Waals surface area (Å²) in [6, 6.07) is 12.9. The van der Waals surface area contributed by atoms with Crippen LogP contribution in [0.25, 0.3) is 0 Å². The van der Waals surface area contributed by atoms with Gasteiger partial charge in [0.25, 0.3) is 0 Å². The summed E-state index contributed by atoms with van der Waals surface area (Å²) in [4.78, 5) is 15.4. The molecule has 32 heavy (non-hydrogen) atoms. The van der Waals surface area contributed by atoms with E-state index >= 15 is 0 Å². The molecule has 1 atom stereocenters. The van der Waals surface area contributed by atoms with Crippen LogP contribution in [0.3, 0.4) is 0 Å². The smallest absolute Gasteiger partial charge is 0.243 e. The molecule has 0 radical (unpaired) electrons. The summed E-state index contributed by atoms with van der Waals surface area (Å²) in [5.41, 5.74) is 1.11. The van der Waals surface area contributed by atoms with Crippen molar-refractivity contribution in [2.75, 3.05) is 26.2 Å². The average Bonchev–Trinajstić information content (AvgIpc) is 3.30. The fourth-order valence-electron chi connectivity index (χ4n) is 4.66. The molecule has 2 fully saturated rings. The number of benzene rings is 2. The molecule has 1 amide bonds. The Balaban J connectivity index is 1.39. The van der Waals surface area contributed by atoms with E-state index in [1.165, 1.54) is 16.4 Å². The lowest BCUT2D eigenvalue weighted by molar-refractivity contribution is -0.137. The molecule has 8 heteroatoms. The summed E-state index contributed by atoms with van der Waals surface area (Å²) in [6.45, 7) is 3.87. The number of ether oxygens (including phenoxy) is 1. The average molecular weight is 461 g/mol.